The average molecular weight is 358 g/mol. The van der Waals surface area contributed by atoms with Crippen LogP contribution < -0.4 is 16.0 Å². The zero-order valence-electron chi connectivity index (χ0n) is 11.9. The van der Waals surface area contributed by atoms with E-state index in [1.165, 1.54) is 0 Å². The zero-order valence-corrected chi connectivity index (χ0v) is 13.5. The molecule has 0 atom stereocenters. The summed E-state index contributed by atoms with van der Waals surface area (Å²) >= 11 is 3.37. The molecule has 0 fully saturated rings. The molecule has 0 aromatic heterocycles. The topological polar surface area (TPSA) is 79.5 Å². The van der Waals surface area contributed by atoms with Crippen LogP contribution in [-0.4, -0.2) is 38.4 Å². The first-order valence-electron chi connectivity index (χ1n) is 6.78. The number of carbonyl (C=O) groups excluding carboxylic acids is 2. The lowest BCUT2D eigenvalue weighted by Gasteiger charge is -2.08. The summed E-state index contributed by atoms with van der Waals surface area (Å²) < 4.78 is 5.72. The van der Waals surface area contributed by atoms with E-state index in [1.807, 2.05) is 24.3 Å². The number of alkyl carbamates (subject to hydrolysis) is 1. The maximum atomic E-state index is 11.5. The molecule has 0 aliphatic heterocycles. The summed E-state index contributed by atoms with van der Waals surface area (Å²) in [6.07, 6.45) is 0.289. The molecule has 0 unspecified atom stereocenters. The Bertz CT molecular complexity index is 451. The SMILES string of the molecule is CCOC(=O)NCCNC(=O)NCCc1ccc(Br)cc1. The number of hydrogen-bond acceptors (Lipinski definition) is 3. The summed E-state index contributed by atoms with van der Waals surface area (Å²) in [5.74, 6) is 0. The second-order valence-electron chi connectivity index (χ2n) is 4.21. The highest BCUT2D eigenvalue weighted by molar-refractivity contribution is 9.10. The molecule has 116 valence electrons. The van der Waals surface area contributed by atoms with Crippen molar-refractivity contribution < 1.29 is 14.3 Å². The van der Waals surface area contributed by atoms with Gasteiger partial charge in [0.2, 0.25) is 0 Å². The molecule has 0 aliphatic carbocycles. The summed E-state index contributed by atoms with van der Waals surface area (Å²) in [6.45, 7) is 3.30. The van der Waals surface area contributed by atoms with Gasteiger partial charge in [0.15, 0.2) is 0 Å². The summed E-state index contributed by atoms with van der Waals surface area (Å²) in [4.78, 5) is 22.5. The largest absolute Gasteiger partial charge is 0.450 e. The Balaban J connectivity index is 2.06. The fourth-order valence-electron chi connectivity index (χ4n) is 1.56. The van der Waals surface area contributed by atoms with Crippen molar-refractivity contribution in [1.29, 1.82) is 0 Å². The Morgan fingerprint density at radius 3 is 2.33 bits per heavy atom. The van der Waals surface area contributed by atoms with Crippen molar-refractivity contribution in [3.05, 3.63) is 34.3 Å². The third-order valence-electron chi connectivity index (χ3n) is 2.57. The first-order chi connectivity index (χ1) is 10.1. The van der Waals surface area contributed by atoms with E-state index >= 15 is 0 Å². The minimum Gasteiger partial charge on any atom is -0.450 e. The standard InChI is InChI=1S/C14H20BrN3O3/c1-2-21-14(20)18-10-9-17-13(19)16-8-7-11-3-5-12(15)6-4-11/h3-6H,2,7-10H2,1H3,(H,18,20)(H2,16,17,19). The highest BCUT2D eigenvalue weighted by atomic mass is 79.9. The lowest BCUT2D eigenvalue weighted by Crippen LogP contribution is -2.41. The Morgan fingerprint density at radius 1 is 1.05 bits per heavy atom. The first-order valence-corrected chi connectivity index (χ1v) is 7.58. The lowest BCUT2D eigenvalue weighted by atomic mass is 10.1. The first kappa shape index (κ1) is 17.3. The molecule has 3 N–H and O–H groups in total. The Morgan fingerprint density at radius 2 is 1.67 bits per heavy atom. The van der Waals surface area contributed by atoms with E-state index in [0.29, 0.717) is 26.2 Å². The predicted molar refractivity (Wildman–Crippen MR) is 84.3 cm³/mol. The van der Waals surface area contributed by atoms with E-state index in [0.717, 1.165) is 16.5 Å². The van der Waals surface area contributed by atoms with Crippen LogP contribution in [0.5, 0.6) is 0 Å². The third-order valence-corrected chi connectivity index (χ3v) is 3.10. The van der Waals surface area contributed by atoms with Gasteiger partial charge in [-0.05, 0) is 31.0 Å². The molecular weight excluding hydrogens is 338 g/mol. The van der Waals surface area contributed by atoms with E-state index < -0.39 is 6.09 Å². The van der Waals surface area contributed by atoms with Crippen molar-refractivity contribution in [2.75, 3.05) is 26.2 Å². The van der Waals surface area contributed by atoms with Crippen molar-refractivity contribution in [1.82, 2.24) is 16.0 Å². The van der Waals surface area contributed by atoms with Crippen LogP contribution in [0, 0.1) is 0 Å². The van der Waals surface area contributed by atoms with Crippen molar-refractivity contribution in [3.63, 3.8) is 0 Å². The minimum absolute atomic E-state index is 0.252. The molecular formula is C14H20BrN3O3. The summed E-state index contributed by atoms with van der Waals surface area (Å²) in [6, 6.07) is 7.70. The predicted octanol–water partition coefficient (Wildman–Crippen LogP) is 2.04. The van der Waals surface area contributed by atoms with Crippen molar-refractivity contribution in [2.45, 2.75) is 13.3 Å². The van der Waals surface area contributed by atoms with Gasteiger partial charge in [0.1, 0.15) is 0 Å². The maximum Gasteiger partial charge on any atom is 0.407 e. The molecule has 0 aliphatic rings. The van der Waals surface area contributed by atoms with Gasteiger partial charge in [-0.3, -0.25) is 0 Å². The monoisotopic (exact) mass is 357 g/mol. The number of ether oxygens (including phenoxy) is 1. The number of nitrogens with one attached hydrogen (secondary N) is 3. The van der Waals surface area contributed by atoms with Crippen LogP contribution in [0.3, 0.4) is 0 Å². The van der Waals surface area contributed by atoms with Crippen LogP contribution in [0.4, 0.5) is 9.59 Å². The molecule has 3 amide bonds. The van der Waals surface area contributed by atoms with Gasteiger partial charge in [-0.2, -0.15) is 0 Å². The smallest absolute Gasteiger partial charge is 0.407 e. The fraction of sp³-hybridized carbons (Fsp3) is 0.429. The fourth-order valence-corrected chi connectivity index (χ4v) is 1.82. The molecule has 0 heterocycles. The van der Waals surface area contributed by atoms with Crippen molar-refractivity contribution in [3.8, 4) is 0 Å². The van der Waals surface area contributed by atoms with Crippen LogP contribution in [0.15, 0.2) is 28.7 Å². The summed E-state index contributed by atoms with van der Waals surface area (Å²) in [7, 11) is 0. The van der Waals surface area contributed by atoms with Gasteiger partial charge in [0, 0.05) is 24.1 Å². The molecule has 0 saturated heterocycles. The molecule has 1 aromatic rings. The molecule has 0 spiro atoms. The van der Waals surface area contributed by atoms with Gasteiger partial charge in [0.05, 0.1) is 6.61 Å². The number of benzene rings is 1. The van der Waals surface area contributed by atoms with E-state index in [4.69, 9.17) is 0 Å². The second-order valence-corrected chi connectivity index (χ2v) is 5.12. The molecule has 1 rings (SSSR count). The quantitative estimate of drug-likeness (QED) is 0.653. The van der Waals surface area contributed by atoms with E-state index in [2.05, 4.69) is 36.6 Å². The molecule has 6 nitrogen and oxygen atoms in total. The van der Waals surface area contributed by atoms with Crippen LogP contribution in [-0.2, 0) is 11.2 Å². The van der Waals surface area contributed by atoms with Crippen LogP contribution in [0.25, 0.3) is 0 Å². The second kappa shape index (κ2) is 10.0. The average Bonchev–Trinajstić information content (AvgIpc) is 2.46. The number of halogens is 1. The Kier molecular flexibility index (Phi) is 8.27. The highest BCUT2D eigenvalue weighted by Gasteiger charge is 2.01. The number of carbonyl (C=O) groups is 2. The number of rotatable bonds is 7. The molecule has 0 bridgehead atoms. The Hall–Kier alpha value is -1.76. The number of hydrogen-bond donors (Lipinski definition) is 3. The molecule has 7 heteroatoms. The molecule has 0 saturated carbocycles. The normalized spacial score (nSPS) is 9.81. The van der Waals surface area contributed by atoms with Gasteiger partial charge in [-0.25, -0.2) is 9.59 Å². The number of urea groups is 1. The number of amides is 3. The highest BCUT2D eigenvalue weighted by Crippen LogP contribution is 2.10. The van der Waals surface area contributed by atoms with Crippen LogP contribution >= 0.6 is 15.9 Å². The summed E-state index contributed by atoms with van der Waals surface area (Å²) in [5, 5.41) is 7.92. The third kappa shape index (κ3) is 8.19. The molecule has 1 aromatic carbocycles. The van der Waals surface area contributed by atoms with Crippen LogP contribution in [0.1, 0.15) is 12.5 Å². The van der Waals surface area contributed by atoms with Gasteiger partial charge < -0.3 is 20.7 Å². The van der Waals surface area contributed by atoms with E-state index in [9.17, 15) is 9.59 Å². The van der Waals surface area contributed by atoms with Gasteiger partial charge in [-0.1, -0.05) is 28.1 Å². The summed E-state index contributed by atoms with van der Waals surface area (Å²) in [5.41, 5.74) is 1.16. The van der Waals surface area contributed by atoms with Crippen molar-refractivity contribution in [2.24, 2.45) is 0 Å². The van der Waals surface area contributed by atoms with Crippen molar-refractivity contribution >= 4 is 28.1 Å². The molecule has 21 heavy (non-hydrogen) atoms. The van der Waals surface area contributed by atoms with E-state index in [1.54, 1.807) is 6.92 Å². The van der Waals surface area contributed by atoms with E-state index in [-0.39, 0.29) is 6.03 Å². The van der Waals surface area contributed by atoms with Gasteiger partial charge in [0.25, 0.3) is 0 Å². The lowest BCUT2D eigenvalue weighted by molar-refractivity contribution is 0.152. The zero-order chi connectivity index (χ0) is 15.5. The van der Waals surface area contributed by atoms with Gasteiger partial charge in [-0.15, -0.1) is 0 Å². The minimum atomic E-state index is -0.477. The van der Waals surface area contributed by atoms with Crippen LogP contribution in [0.2, 0.25) is 0 Å². The maximum absolute atomic E-state index is 11.5. The molecule has 0 radical (unpaired) electrons. The Labute approximate surface area is 132 Å². The van der Waals surface area contributed by atoms with Gasteiger partial charge >= 0.3 is 12.1 Å².